The van der Waals surface area contributed by atoms with Gasteiger partial charge in [-0.25, -0.2) is 4.68 Å². The summed E-state index contributed by atoms with van der Waals surface area (Å²) >= 11 is 0. The maximum absolute atomic E-state index is 12.4. The Morgan fingerprint density at radius 3 is 2.82 bits per heavy atom. The van der Waals surface area contributed by atoms with Crippen LogP contribution in [0.1, 0.15) is 29.3 Å². The molecule has 0 fully saturated rings. The van der Waals surface area contributed by atoms with Gasteiger partial charge in [0.15, 0.2) is 0 Å². The first kappa shape index (κ1) is 14.3. The van der Waals surface area contributed by atoms with Crippen molar-refractivity contribution in [2.45, 2.75) is 26.8 Å². The van der Waals surface area contributed by atoms with Crippen molar-refractivity contribution in [2.24, 2.45) is 0 Å². The van der Waals surface area contributed by atoms with Crippen LogP contribution in [0.3, 0.4) is 0 Å². The van der Waals surface area contributed by atoms with E-state index < -0.39 is 0 Å². The first-order valence-electron chi connectivity index (χ1n) is 7.39. The molecule has 0 aliphatic rings. The Balaban J connectivity index is 1.87. The molecule has 0 bridgehead atoms. The third-order valence-electron chi connectivity index (χ3n) is 3.60. The van der Waals surface area contributed by atoms with Crippen LogP contribution < -0.4 is 5.32 Å². The normalized spacial score (nSPS) is 10.8. The number of carbonyl (C=O) groups excluding carboxylic acids is 1. The molecular formula is C17H18N4O. The molecule has 1 heterocycles. The zero-order valence-electron chi connectivity index (χ0n) is 12.7. The van der Waals surface area contributed by atoms with Crippen molar-refractivity contribution >= 4 is 22.6 Å². The molecule has 2 aromatic carbocycles. The number of hydrogen-bond donors (Lipinski definition) is 1. The Labute approximate surface area is 129 Å². The van der Waals surface area contributed by atoms with E-state index in [4.69, 9.17) is 0 Å². The summed E-state index contributed by atoms with van der Waals surface area (Å²) in [6.45, 7) is 4.89. The highest BCUT2D eigenvalue weighted by Gasteiger charge is 2.11. The van der Waals surface area contributed by atoms with E-state index in [9.17, 15) is 4.79 Å². The zero-order chi connectivity index (χ0) is 15.5. The van der Waals surface area contributed by atoms with Crippen molar-refractivity contribution in [3.05, 3.63) is 53.6 Å². The predicted molar refractivity (Wildman–Crippen MR) is 87.0 cm³/mol. The molecule has 1 N–H and O–H groups in total. The lowest BCUT2D eigenvalue weighted by atomic mass is 10.1. The Hall–Kier alpha value is -2.69. The minimum atomic E-state index is -0.138. The van der Waals surface area contributed by atoms with Gasteiger partial charge in [-0.1, -0.05) is 30.3 Å². The van der Waals surface area contributed by atoms with Gasteiger partial charge < -0.3 is 5.32 Å². The first-order chi connectivity index (χ1) is 10.7. The maximum Gasteiger partial charge on any atom is 0.255 e. The number of aryl methyl sites for hydroxylation is 2. The molecule has 5 nitrogen and oxygen atoms in total. The molecule has 3 aromatic rings. The van der Waals surface area contributed by atoms with Crippen molar-refractivity contribution in [1.82, 2.24) is 15.0 Å². The number of rotatable bonds is 4. The lowest BCUT2D eigenvalue weighted by molar-refractivity contribution is 0.102. The number of nitrogens with zero attached hydrogens (tertiary/aromatic N) is 3. The van der Waals surface area contributed by atoms with Crippen LogP contribution in [0.4, 0.5) is 5.69 Å². The van der Waals surface area contributed by atoms with Crippen molar-refractivity contribution < 1.29 is 4.79 Å². The fraction of sp³-hybridized carbons (Fsp3) is 0.235. The Bertz CT molecular complexity index is 822. The van der Waals surface area contributed by atoms with E-state index in [-0.39, 0.29) is 5.91 Å². The van der Waals surface area contributed by atoms with Crippen LogP contribution in [-0.2, 0) is 6.54 Å². The van der Waals surface area contributed by atoms with E-state index in [1.807, 2.05) is 48.0 Å². The highest BCUT2D eigenvalue weighted by Crippen LogP contribution is 2.17. The van der Waals surface area contributed by atoms with Crippen LogP contribution >= 0.6 is 0 Å². The average molecular weight is 294 g/mol. The molecule has 112 valence electrons. The average Bonchev–Trinajstić information content (AvgIpc) is 2.92. The van der Waals surface area contributed by atoms with Crippen molar-refractivity contribution in [1.29, 1.82) is 0 Å². The number of anilines is 1. The topological polar surface area (TPSA) is 59.8 Å². The maximum atomic E-state index is 12.4. The summed E-state index contributed by atoms with van der Waals surface area (Å²) in [7, 11) is 0. The summed E-state index contributed by atoms with van der Waals surface area (Å²) in [5, 5.41) is 11.2. The van der Waals surface area contributed by atoms with Crippen LogP contribution in [0.2, 0.25) is 0 Å². The number of amides is 1. The molecule has 0 unspecified atom stereocenters. The van der Waals surface area contributed by atoms with Gasteiger partial charge in [-0.2, -0.15) is 0 Å². The molecule has 0 atom stereocenters. The minimum absolute atomic E-state index is 0.138. The van der Waals surface area contributed by atoms with Gasteiger partial charge in [0, 0.05) is 17.8 Å². The highest BCUT2D eigenvalue weighted by molar-refractivity contribution is 6.06. The second-order valence-corrected chi connectivity index (χ2v) is 5.29. The number of para-hydroxylation sites is 1. The van der Waals surface area contributed by atoms with Gasteiger partial charge in [-0.3, -0.25) is 4.79 Å². The number of carbonyl (C=O) groups is 1. The molecule has 0 radical (unpaired) electrons. The Kier molecular flexibility index (Phi) is 3.87. The second kappa shape index (κ2) is 5.97. The summed E-state index contributed by atoms with van der Waals surface area (Å²) < 4.78 is 1.86. The third-order valence-corrected chi connectivity index (χ3v) is 3.60. The molecule has 1 aromatic heterocycles. The molecule has 0 saturated carbocycles. The lowest BCUT2D eigenvalue weighted by Gasteiger charge is -2.08. The third kappa shape index (κ3) is 2.70. The second-order valence-electron chi connectivity index (χ2n) is 5.29. The number of fused-ring (bicyclic) bond motifs is 1. The monoisotopic (exact) mass is 294 g/mol. The first-order valence-corrected chi connectivity index (χ1v) is 7.39. The quantitative estimate of drug-likeness (QED) is 0.802. The molecule has 0 saturated heterocycles. The van der Waals surface area contributed by atoms with Crippen LogP contribution in [-0.4, -0.2) is 20.9 Å². The van der Waals surface area contributed by atoms with Gasteiger partial charge in [-0.05, 0) is 43.2 Å². The van der Waals surface area contributed by atoms with Gasteiger partial charge >= 0.3 is 0 Å². The Morgan fingerprint density at radius 2 is 2.05 bits per heavy atom. The molecule has 3 rings (SSSR count). The summed E-state index contributed by atoms with van der Waals surface area (Å²) in [6.07, 6.45) is 0.994. The van der Waals surface area contributed by atoms with Crippen LogP contribution in [0, 0.1) is 6.92 Å². The molecule has 0 aliphatic carbocycles. The van der Waals surface area contributed by atoms with Crippen molar-refractivity contribution in [2.75, 3.05) is 5.32 Å². The largest absolute Gasteiger partial charge is 0.322 e. The Morgan fingerprint density at radius 1 is 1.23 bits per heavy atom. The zero-order valence-corrected chi connectivity index (χ0v) is 12.7. The van der Waals surface area contributed by atoms with Gasteiger partial charge in [0.1, 0.15) is 5.52 Å². The summed E-state index contributed by atoms with van der Waals surface area (Å²) in [5.74, 6) is -0.138. The summed E-state index contributed by atoms with van der Waals surface area (Å²) in [6, 6.07) is 13.2. The minimum Gasteiger partial charge on any atom is -0.322 e. The molecular weight excluding hydrogens is 276 g/mol. The van der Waals surface area contributed by atoms with Crippen LogP contribution in [0.25, 0.3) is 11.0 Å². The van der Waals surface area contributed by atoms with E-state index in [1.165, 1.54) is 0 Å². The fourth-order valence-electron chi connectivity index (χ4n) is 2.40. The lowest BCUT2D eigenvalue weighted by Crippen LogP contribution is -2.12. The molecule has 5 heteroatoms. The number of benzene rings is 2. The predicted octanol–water partition coefficient (Wildman–Crippen LogP) is 3.40. The molecule has 1 amide bonds. The van der Waals surface area contributed by atoms with E-state index in [0.717, 1.165) is 35.2 Å². The standard InChI is InChI=1S/C17H18N4O/c1-3-10-21-16-9-8-13(11-15(16)19-20-21)17(22)18-14-7-5-4-6-12(14)2/h4-9,11H,3,10H2,1-2H3,(H,18,22). The van der Waals surface area contributed by atoms with Crippen LogP contribution in [0.5, 0.6) is 0 Å². The number of aromatic nitrogens is 3. The van der Waals surface area contributed by atoms with Gasteiger partial charge in [0.2, 0.25) is 0 Å². The summed E-state index contributed by atoms with van der Waals surface area (Å²) in [5.41, 5.74) is 4.13. The smallest absolute Gasteiger partial charge is 0.255 e. The van der Waals surface area contributed by atoms with E-state index in [0.29, 0.717) is 5.56 Å². The summed E-state index contributed by atoms with van der Waals surface area (Å²) in [4.78, 5) is 12.4. The molecule has 0 spiro atoms. The van der Waals surface area contributed by atoms with E-state index >= 15 is 0 Å². The molecule has 22 heavy (non-hydrogen) atoms. The molecule has 0 aliphatic heterocycles. The highest BCUT2D eigenvalue weighted by atomic mass is 16.1. The van der Waals surface area contributed by atoms with Gasteiger partial charge in [0.05, 0.1) is 5.52 Å². The number of hydrogen-bond acceptors (Lipinski definition) is 3. The van der Waals surface area contributed by atoms with E-state index in [2.05, 4.69) is 22.6 Å². The van der Waals surface area contributed by atoms with Crippen molar-refractivity contribution in [3.63, 3.8) is 0 Å². The SMILES string of the molecule is CCCn1nnc2cc(C(=O)Nc3ccccc3C)ccc21. The number of nitrogens with one attached hydrogen (secondary N) is 1. The van der Waals surface area contributed by atoms with Gasteiger partial charge in [-0.15, -0.1) is 5.10 Å². The van der Waals surface area contributed by atoms with Crippen LogP contribution in [0.15, 0.2) is 42.5 Å². The fourth-order valence-corrected chi connectivity index (χ4v) is 2.40. The van der Waals surface area contributed by atoms with E-state index in [1.54, 1.807) is 6.07 Å². The van der Waals surface area contributed by atoms with Crippen molar-refractivity contribution in [3.8, 4) is 0 Å². The van der Waals surface area contributed by atoms with Gasteiger partial charge in [0.25, 0.3) is 5.91 Å².